The van der Waals surface area contributed by atoms with Gasteiger partial charge in [0.1, 0.15) is 5.52 Å². The Morgan fingerprint density at radius 2 is 2.33 bits per heavy atom. The van der Waals surface area contributed by atoms with Gasteiger partial charge in [0.15, 0.2) is 5.65 Å². The number of rotatable bonds is 0. The molecule has 0 aliphatic heterocycles. The van der Waals surface area contributed by atoms with Gasteiger partial charge >= 0.3 is 0 Å². The number of nitrogens with zero attached hydrogens (tertiary/aromatic N) is 3. The van der Waals surface area contributed by atoms with E-state index in [0.717, 1.165) is 20.4 Å². The van der Waals surface area contributed by atoms with Crippen LogP contribution in [-0.2, 0) is 0 Å². The Morgan fingerprint density at radius 1 is 1.58 bits per heavy atom. The average Bonchev–Trinajstić information content (AvgIpc) is 2.28. The summed E-state index contributed by atoms with van der Waals surface area (Å²) in [5.41, 5.74) is 2.84. The lowest BCUT2D eigenvalue weighted by Crippen LogP contribution is -1.86. The van der Waals surface area contributed by atoms with E-state index >= 15 is 0 Å². The monoisotopic (exact) mass is 291 g/mol. The summed E-state index contributed by atoms with van der Waals surface area (Å²) in [5, 5.41) is 0. The van der Waals surface area contributed by atoms with E-state index in [4.69, 9.17) is 0 Å². The van der Waals surface area contributed by atoms with Gasteiger partial charge in [-0.05, 0) is 38.9 Å². The molecule has 62 valence electrons. The van der Waals surface area contributed by atoms with Crippen LogP contribution in [0.1, 0.15) is 5.69 Å². The fourth-order valence-corrected chi connectivity index (χ4v) is 2.37. The third-order valence-corrected chi connectivity index (χ3v) is 2.78. The van der Waals surface area contributed by atoms with E-state index in [1.807, 2.05) is 17.5 Å². The Kier molecular flexibility index (Phi) is 2.04. The van der Waals surface area contributed by atoms with Gasteiger partial charge in [-0.15, -0.1) is 0 Å². The third kappa shape index (κ3) is 1.23. The molecular formula is C7H7IN3P. The van der Waals surface area contributed by atoms with Crippen LogP contribution in [0.25, 0.3) is 11.2 Å². The zero-order chi connectivity index (χ0) is 8.72. The fraction of sp³-hybridized carbons (Fsp3) is 0.143. The van der Waals surface area contributed by atoms with E-state index < -0.39 is 0 Å². The summed E-state index contributed by atoms with van der Waals surface area (Å²) < 4.78 is 3.04. The molecule has 2 aromatic rings. The van der Waals surface area contributed by atoms with Crippen molar-refractivity contribution in [3.8, 4) is 0 Å². The van der Waals surface area contributed by atoms with Crippen LogP contribution in [0.5, 0.6) is 0 Å². The van der Waals surface area contributed by atoms with Crippen molar-refractivity contribution in [2.24, 2.45) is 0 Å². The lowest BCUT2D eigenvalue weighted by atomic mass is 10.4. The molecule has 12 heavy (non-hydrogen) atoms. The summed E-state index contributed by atoms with van der Waals surface area (Å²) >= 11 is 2.26. The molecule has 0 aliphatic carbocycles. The minimum absolute atomic E-state index is 0.912. The first-order chi connectivity index (χ1) is 5.68. The first-order valence-electron chi connectivity index (χ1n) is 3.44. The Balaban J connectivity index is 2.90. The van der Waals surface area contributed by atoms with Gasteiger partial charge in [0.2, 0.25) is 0 Å². The van der Waals surface area contributed by atoms with Gasteiger partial charge in [-0.25, -0.2) is 9.97 Å². The lowest BCUT2D eigenvalue weighted by molar-refractivity contribution is 1.16. The maximum Gasteiger partial charge on any atom is 0.162 e. The molecule has 0 N–H and O–H groups in total. The number of hydrogen-bond donors (Lipinski definition) is 0. The van der Waals surface area contributed by atoms with Crippen LogP contribution in [0.4, 0.5) is 0 Å². The van der Waals surface area contributed by atoms with Crippen molar-refractivity contribution in [2.45, 2.75) is 6.92 Å². The second-order valence-electron chi connectivity index (χ2n) is 2.57. The molecule has 2 aromatic heterocycles. The van der Waals surface area contributed by atoms with Gasteiger partial charge in [0.25, 0.3) is 0 Å². The number of fused-ring (bicyclic) bond motifs is 1. The second kappa shape index (κ2) is 2.92. The molecule has 0 saturated heterocycles. The van der Waals surface area contributed by atoms with Crippen LogP contribution in [0.15, 0.2) is 12.4 Å². The summed E-state index contributed by atoms with van der Waals surface area (Å²) in [6, 6.07) is 0. The van der Waals surface area contributed by atoms with E-state index in [2.05, 4.69) is 41.9 Å². The molecule has 0 radical (unpaired) electrons. The van der Waals surface area contributed by atoms with E-state index in [0.29, 0.717) is 0 Å². The summed E-state index contributed by atoms with van der Waals surface area (Å²) in [5.74, 6) is 0. The highest BCUT2D eigenvalue weighted by atomic mass is 127. The fourth-order valence-electron chi connectivity index (χ4n) is 1.06. The molecule has 2 heterocycles. The summed E-state index contributed by atoms with van der Waals surface area (Å²) in [6.07, 6.45) is 3.77. The summed E-state index contributed by atoms with van der Waals surface area (Å²) in [4.78, 5) is 8.67. The topological polar surface area (TPSA) is 30.7 Å². The van der Waals surface area contributed by atoms with Crippen molar-refractivity contribution >= 4 is 43.1 Å². The molecule has 0 aliphatic rings. The highest BCUT2D eigenvalue weighted by molar-refractivity contribution is 14.1. The lowest BCUT2D eigenvalue weighted by Gasteiger charge is -1.94. The van der Waals surface area contributed by atoms with E-state index in [9.17, 15) is 0 Å². The molecule has 0 fully saturated rings. The quantitative estimate of drug-likeness (QED) is 0.549. The normalized spacial score (nSPS) is 10.9. The molecule has 0 amide bonds. The van der Waals surface area contributed by atoms with Crippen molar-refractivity contribution in [3.63, 3.8) is 0 Å². The number of aromatic nitrogens is 3. The highest BCUT2D eigenvalue weighted by Crippen LogP contribution is 2.20. The third-order valence-electron chi connectivity index (χ3n) is 1.60. The molecule has 0 spiro atoms. The van der Waals surface area contributed by atoms with E-state index in [-0.39, 0.29) is 0 Å². The van der Waals surface area contributed by atoms with Crippen LogP contribution in [0.2, 0.25) is 0 Å². The summed E-state index contributed by atoms with van der Waals surface area (Å²) in [7, 11) is 2.59. The number of hydrogen-bond acceptors (Lipinski definition) is 2. The van der Waals surface area contributed by atoms with Crippen molar-refractivity contribution in [3.05, 3.63) is 21.7 Å². The Labute approximate surface area is 86.0 Å². The predicted molar refractivity (Wildman–Crippen MR) is 60.1 cm³/mol. The average molecular weight is 291 g/mol. The van der Waals surface area contributed by atoms with Gasteiger partial charge in [0, 0.05) is 6.20 Å². The maximum atomic E-state index is 4.39. The minimum atomic E-state index is 0.912. The van der Waals surface area contributed by atoms with Gasteiger partial charge in [0.05, 0.1) is 15.5 Å². The van der Waals surface area contributed by atoms with Crippen molar-refractivity contribution in [1.82, 2.24) is 14.3 Å². The minimum Gasteiger partial charge on any atom is -0.315 e. The molecule has 5 heteroatoms. The molecule has 1 unspecified atom stereocenters. The number of aryl methyl sites for hydroxylation is 1. The zero-order valence-electron chi connectivity index (χ0n) is 6.45. The van der Waals surface area contributed by atoms with Crippen LogP contribution in [-0.4, -0.2) is 14.3 Å². The second-order valence-corrected chi connectivity index (χ2v) is 4.29. The molecule has 2 rings (SSSR count). The Hall–Kier alpha value is -0.220. The van der Waals surface area contributed by atoms with E-state index in [1.54, 1.807) is 6.20 Å². The Morgan fingerprint density at radius 3 is 3.08 bits per heavy atom. The van der Waals surface area contributed by atoms with Crippen LogP contribution in [0.3, 0.4) is 0 Å². The van der Waals surface area contributed by atoms with Crippen molar-refractivity contribution in [1.29, 1.82) is 0 Å². The first-order valence-corrected chi connectivity index (χ1v) is 5.03. The molecule has 0 bridgehead atoms. The van der Waals surface area contributed by atoms with E-state index in [1.165, 1.54) is 0 Å². The molecule has 0 saturated carbocycles. The summed E-state index contributed by atoms with van der Waals surface area (Å²) in [6.45, 7) is 1.95. The standard InChI is InChI=1S/C7H7IN3P/c1-4-2-9-7-6(10-4)5(8)3-11(7)12/h2-3H,12H2,1H3. The SMILES string of the molecule is Cc1cnc2c(n1)c(I)cn2P. The smallest absolute Gasteiger partial charge is 0.162 e. The Bertz CT molecular complexity index is 437. The van der Waals surface area contributed by atoms with Gasteiger partial charge in [-0.3, -0.25) is 0 Å². The van der Waals surface area contributed by atoms with Crippen LogP contribution >= 0.6 is 32.0 Å². The zero-order valence-corrected chi connectivity index (χ0v) is 9.76. The predicted octanol–water partition coefficient (Wildman–Crippen LogP) is 1.98. The van der Waals surface area contributed by atoms with Crippen molar-refractivity contribution in [2.75, 3.05) is 0 Å². The van der Waals surface area contributed by atoms with Gasteiger partial charge < -0.3 is 4.34 Å². The van der Waals surface area contributed by atoms with Crippen LogP contribution < -0.4 is 0 Å². The molecule has 0 aromatic carbocycles. The maximum absolute atomic E-state index is 4.39. The molecule has 3 nitrogen and oxygen atoms in total. The molecule has 1 atom stereocenters. The van der Waals surface area contributed by atoms with Gasteiger partial charge in [-0.2, -0.15) is 0 Å². The van der Waals surface area contributed by atoms with Crippen LogP contribution in [0, 0.1) is 10.5 Å². The van der Waals surface area contributed by atoms with Crippen molar-refractivity contribution < 1.29 is 0 Å². The first kappa shape index (κ1) is 8.38. The highest BCUT2D eigenvalue weighted by Gasteiger charge is 2.05. The van der Waals surface area contributed by atoms with Gasteiger partial charge in [-0.1, -0.05) is 0 Å². The number of halogens is 1. The largest absolute Gasteiger partial charge is 0.315 e. The molecular weight excluding hydrogens is 284 g/mol.